The van der Waals surface area contributed by atoms with E-state index in [4.69, 9.17) is 4.74 Å². The van der Waals surface area contributed by atoms with Crippen molar-refractivity contribution in [1.29, 1.82) is 0 Å². The maximum Gasteiger partial charge on any atom is 0.409 e. The lowest BCUT2D eigenvalue weighted by Gasteiger charge is -2.28. The second-order valence-electron chi connectivity index (χ2n) is 6.28. The largest absolute Gasteiger partial charge is 0.453 e. The number of nitrogens with one attached hydrogen (secondary N) is 1. The smallest absolute Gasteiger partial charge is 0.409 e. The van der Waals surface area contributed by atoms with Crippen LogP contribution in [-0.4, -0.2) is 38.8 Å². The molecule has 0 atom stereocenters. The number of amides is 1. The van der Waals surface area contributed by atoms with Gasteiger partial charge in [-0.15, -0.1) is 0 Å². The van der Waals surface area contributed by atoms with E-state index in [9.17, 15) is 13.2 Å². The minimum absolute atomic E-state index is 0.0163. The lowest BCUT2D eigenvalue weighted by Crippen LogP contribution is -2.35. The summed E-state index contributed by atoms with van der Waals surface area (Å²) in [6, 6.07) is 15.0. The van der Waals surface area contributed by atoms with E-state index in [0.717, 1.165) is 23.1 Å². The van der Waals surface area contributed by atoms with Crippen LogP contribution in [0.3, 0.4) is 0 Å². The number of hydrogen-bond donors (Lipinski definition) is 1. The topological polar surface area (TPSA) is 75.7 Å². The first-order valence-corrected chi connectivity index (χ1v) is 10.1. The van der Waals surface area contributed by atoms with E-state index in [0.29, 0.717) is 25.2 Å². The van der Waals surface area contributed by atoms with Crippen molar-refractivity contribution in [3.63, 3.8) is 0 Å². The van der Waals surface area contributed by atoms with Crippen LogP contribution in [0.25, 0.3) is 0 Å². The maximum absolute atomic E-state index is 12.4. The zero-order chi connectivity index (χ0) is 18.6. The van der Waals surface area contributed by atoms with Crippen molar-refractivity contribution < 1.29 is 17.9 Å². The first kappa shape index (κ1) is 18.3. The molecule has 0 fully saturated rings. The van der Waals surface area contributed by atoms with Crippen molar-refractivity contribution in [1.82, 2.24) is 4.90 Å². The van der Waals surface area contributed by atoms with Crippen molar-refractivity contribution in [3.8, 4) is 0 Å². The summed E-state index contributed by atoms with van der Waals surface area (Å²) in [4.78, 5) is 13.3. The number of benzene rings is 2. The molecule has 0 aliphatic carbocycles. The van der Waals surface area contributed by atoms with Gasteiger partial charge in [-0.1, -0.05) is 36.4 Å². The molecule has 1 heterocycles. The molecule has 0 spiro atoms. The molecule has 6 nitrogen and oxygen atoms in total. The Morgan fingerprint density at radius 3 is 2.65 bits per heavy atom. The third kappa shape index (κ3) is 4.54. The molecule has 0 saturated carbocycles. The molecule has 1 amide bonds. The minimum atomic E-state index is -3.45. The maximum atomic E-state index is 12.4. The molecule has 1 aliphatic heterocycles. The van der Waals surface area contributed by atoms with Crippen molar-refractivity contribution in [2.24, 2.45) is 0 Å². The number of aryl methyl sites for hydroxylation is 1. The molecule has 2 aromatic carbocycles. The van der Waals surface area contributed by atoms with Gasteiger partial charge in [-0.3, -0.25) is 4.72 Å². The Hall–Kier alpha value is -2.54. The second kappa shape index (κ2) is 7.78. The standard InChI is InChI=1S/C19H22N2O4S/c1-25-19(22)21-11-9-16-7-8-18(13-17(16)14-21)20-26(23,24)12-10-15-5-3-2-4-6-15/h2-8,13,20H,9-12,14H2,1H3. The molecule has 0 aromatic heterocycles. The average Bonchev–Trinajstić information content (AvgIpc) is 2.66. The molecule has 7 heteroatoms. The molecule has 0 unspecified atom stereocenters. The highest BCUT2D eigenvalue weighted by Gasteiger charge is 2.22. The monoisotopic (exact) mass is 374 g/mol. The van der Waals surface area contributed by atoms with Crippen molar-refractivity contribution >= 4 is 21.8 Å². The Morgan fingerprint density at radius 1 is 1.15 bits per heavy atom. The Morgan fingerprint density at radius 2 is 1.92 bits per heavy atom. The van der Waals surface area contributed by atoms with E-state index in [2.05, 4.69) is 4.72 Å². The molecular weight excluding hydrogens is 352 g/mol. The summed E-state index contributed by atoms with van der Waals surface area (Å²) in [6.45, 7) is 1.02. The highest BCUT2D eigenvalue weighted by Crippen LogP contribution is 2.23. The van der Waals surface area contributed by atoms with E-state index in [1.165, 1.54) is 7.11 Å². The van der Waals surface area contributed by atoms with E-state index in [-0.39, 0.29) is 11.8 Å². The normalized spacial score (nSPS) is 13.8. The van der Waals surface area contributed by atoms with Crippen LogP contribution in [-0.2, 0) is 34.1 Å². The second-order valence-corrected chi connectivity index (χ2v) is 8.12. The number of sulfonamides is 1. The summed E-state index contributed by atoms with van der Waals surface area (Å²) in [5, 5.41) is 0. The number of rotatable bonds is 5. The van der Waals surface area contributed by atoms with E-state index < -0.39 is 10.0 Å². The number of methoxy groups -OCH3 is 1. The summed E-state index contributed by atoms with van der Waals surface area (Å²) in [6.07, 6.45) is 0.812. The van der Waals surface area contributed by atoms with Gasteiger partial charge in [-0.05, 0) is 41.7 Å². The fourth-order valence-corrected chi connectivity index (χ4v) is 4.13. The van der Waals surface area contributed by atoms with Gasteiger partial charge in [-0.2, -0.15) is 0 Å². The van der Waals surface area contributed by atoms with Crippen LogP contribution in [0.1, 0.15) is 16.7 Å². The molecule has 1 aliphatic rings. The van der Waals surface area contributed by atoms with Gasteiger partial charge >= 0.3 is 6.09 Å². The molecule has 1 N–H and O–H groups in total. The molecule has 0 bridgehead atoms. The van der Waals surface area contributed by atoms with Gasteiger partial charge in [0.2, 0.25) is 10.0 Å². The van der Waals surface area contributed by atoms with Gasteiger partial charge < -0.3 is 9.64 Å². The minimum Gasteiger partial charge on any atom is -0.453 e. The fraction of sp³-hybridized carbons (Fsp3) is 0.316. The van der Waals surface area contributed by atoms with Gasteiger partial charge in [0.25, 0.3) is 0 Å². The molecule has 138 valence electrons. The van der Waals surface area contributed by atoms with Gasteiger partial charge in [0.15, 0.2) is 0 Å². The molecule has 0 saturated heterocycles. The molecule has 2 aromatic rings. The first-order chi connectivity index (χ1) is 12.5. The molecule has 3 rings (SSSR count). The lowest BCUT2D eigenvalue weighted by molar-refractivity contribution is 0.118. The number of carbonyl (C=O) groups excluding carboxylic acids is 1. The first-order valence-electron chi connectivity index (χ1n) is 8.46. The van der Waals surface area contributed by atoms with Crippen LogP contribution in [0.5, 0.6) is 0 Å². The van der Waals surface area contributed by atoms with Gasteiger partial charge in [0.1, 0.15) is 0 Å². The SMILES string of the molecule is COC(=O)N1CCc2ccc(NS(=O)(=O)CCc3ccccc3)cc2C1. The Bertz CT molecular complexity index is 882. The molecule has 0 radical (unpaired) electrons. The van der Waals surface area contributed by atoms with Crippen LogP contribution in [0.2, 0.25) is 0 Å². The van der Waals surface area contributed by atoms with Crippen LogP contribution in [0.4, 0.5) is 10.5 Å². The quantitative estimate of drug-likeness (QED) is 0.873. The Balaban J connectivity index is 1.67. The number of fused-ring (bicyclic) bond motifs is 1. The Kier molecular flexibility index (Phi) is 5.46. The highest BCUT2D eigenvalue weighted by molar-refractivity contribution is 7.92. The van der Waals surface area contributed by atoms with Crippen LogP contribution in [0.15, 0.2) is 48.5 Å². The zero-order valence-electron chi connectivity index (χ0n) is 14.6. The van der Waals surface area contributed by atoms with Crippen LogP contribution >= 0.6 is 0 Å². The van der Waals surface area contributed by atoms with Gasteiger partial charge in [0.05, 0.1) is 12.9 Å². The summed E-state index contributed by atoms with van der Waals surface area (Å²) in [7, 11) is -2.09. The van der Waals surface area contributed by atoms with E-state index in [1.807, 2.05) is 36.4 Å². The van der Waals surface area contributed by atoms with Crippen molar-refractivity contribution in [2.75, 3.05) is 24.1 Å². The van der Waals surface area contributed by atoms with Gasteiger partial charge in [-0.25, -0.2) is 13.2 Å². The number of hydrogen-bond acceptors (Lipinski definition) is 4. The van der Waals surface area contributed by atoms with Crippen LogP contribution < -0.4 is 4.72 Å². The van der Waals surface area contributed by atoms with Crippen molar-refractivity contribution in [3.05, 3.63) is 65.2 Å². The van der Waals surface area contributed by atoms with Crippen molar-refractivity contribution in [2.45, 2.75) is 19.4 Å². The Labute approximate surface area is 153 Å². The average molecular weight is 374 g/mol. The molecule has 26 heavy (non-hydrogen) atoms. The number of carbonyl (C=O) groups is 1. The molecular formula is C19H22N2O4S. The number of nitrogens with zero attached hydrogens (tertiary/aromatic N) is 1. The summed E-state index contributed by atoms with van der Waals surface area (Å²) in [5.41, 5.74) is 3.56. The predicted molar refractivity (Wildman–Crippen MR) is 101 cm³/mol. The van der Waals surface area contributed by atoms with E-state index in [1.54, 1.807) is 17.0 Å². The zero-order valence-corrected chi connectivity index (χ0v) is 15.5. The number of anilines is 1. The third-order valence-electron chi connectivity index (χ3n) is 4.43. The third-order valence-corrected chi connectivity index (χ3v) is 5.72. The van der Waals surface area contributed by atoms with E-state index >= 15 is 0 Å². The van der Waals surface area contributed by atoms with Crippen LogP contribution in [0, 0.1) is 0 Å². The highest BCUT2D eigenvalue weighted by atomic mass is 32.2. The summed E-state index contributed by atoms with van der Waals surface area (Å²) < 4.78 is 32.1. The summed E-state index contributed by atoms with van der Waals surface area (Å²) >= 11 is 0. The predicted octanol–water partition coefficient (Wildman–Crippen LogP) is 2.80. The van der Waals surface area contributed by atoms with Gasteiger partial charge in [0, 0.05) is 18.8 Å². The summed E-state index contributed by atoms with van der Waals surface area (Å²) in [5.74, 6) is 0.0163. The fourth-order valence-electron chi connectivity index (χ4n) is 3.03. The number of ether oxygens (including phenoxy) is 1. The lowest BCUT2D eigenvalue weighted by atomic mass is 9.99.